The second-order valence-corrected chi connectivity index (χ2v) is 6.59. The molecule has 0 radical (unpaired) electrons. The third-order valence-corrected chi connectivity index (χ3v) is 4.26. The number of hydrogen-bond acceptors (Lipinski definition) is 3. The summed E-state index contributed by atoms with van der Waals surface area (Å²) < 4.78 is 7.14. The Morgan fingerprint density at radius 2 is 1.92 bits per heavy atom. The van der Waals surface area contributed by atoms with Crippen molar-refractivity contribution in [3.05, 3.63) is 56.5 Å². The number of aryl methyl sites for hydroxylation is 1. The lowest BCUT2D eigenvalue weighted by Crippen LogP contribution is -2.24. The molecule has 2 amide bonds. The van der Waals surface area contributed by atoms with Gasteiger partial charge in [-0.15, -0.1) is 0 Å². The molecule has 7 heteroatoms. The van der Waals surface area contributed by atoms with E-state index in [1.807, 2.05) is 50.2 Å². The highest BCUT2D eigenvalue weighted by Crippen LogP contribution is 2.34. The molecule has 0 aliphatic heterocycles. The second kappa shape index (κ2) is 8.84. The van der Waals surface area contributed by atoms with Crippen LogP contribution in [0.25, 0.3) is 0 Å². The molecule has 2 N–H and O–H groups in total. The number of halogens is 2. The summed E-state index contributed by atoms with van der Waals surface area (Å²) in [5.74, 6) is 0.736. The van der Waals surface area contributed by atoms with E-state index in [4.69, 9.17) is 4.74 Å². The predicted molar refractivity (Wildman–Crippen MR) is 104 cm³/mol. The molecule has 24 heavy (non-hydrogen) atoms. The summed E-state index contributed by atoms with van der Waals surface area (Å²) >= 11 is 6.91. The summed E-state index contributed by atoms with van der Waals surface area (Å²) in [7, 11) is 0. The molecular formula is C17H17Br2N3O2. The Hall–Kier alpha value is -1.86. The molecule has 2 rings (SSSR count). The number of amides is 2. The number of para-hydroxylation sites is 1. The number of benzene rings is 2. The summed E-state index contributed by atoms with van der Waals surface area (Å²) in [5.41, 5.74) is 4.99. The summed E-state index contributed by atoms with van der Waals surface area (Å²) in [6.45, 7) is 4.42. The van der Waals surface area contributed by atoms with Crippen molar-refractivity contribution in [2.75, 3.05) is 11.9 Å². The maximum absolute atomic E-state index is 11.9. The van der Waals surface area contributed by atoms with Crippen LogP contribution in [0.5, 0.6) is 5.75 Å². The third kappa shape index (κ3) is 5.07. The van der Waals surface area contributed by atoms with Crippen LogP contribution in [-0.2, 0) is 0 Å². The van der Waals surface area contributed by atoms with Crippen LogP contribution in [0.4, 0.5) is 10.5 Å². The van der Waals surface area contributed by atoms with Crippen LogP contribution in [0.2, 0.25) is 0 Å². The molecule has 0 saturated heterocycles. The van der Waals surface area contributed by atoms with E-state index in [2.05, 4.69) is 47.7 Å². The number of hydrogen-bond donors (Lipinski definition) is 2. The van der Waals surface area contributed by atoms with Gasteiger partial charge < -0.3 is 10.1 Å². The Balaban J connectivity index is 1.99. The van der Waals surface area contributed by atoms with Gasteiger partial charge in [-0.2, -0.15) is 5.10 Å². The number of ether oxygens (including phenoxy) is 1. The molecule has 0 fully saturated rings. The van der Waals surface area contributed by atoms with Gasteiger partial charge in [-0.05, 0) is 75.0 Å². The van der Waals surface area contributed by atoms with Crippen molar-refractivity contribution in [2.24, 2.45) is 5.10 Å². The van der Waals surface area contributed by atoms with Crippen molar-refractivity contribution in [3.63, 3.8) is 0 Å². The van der Waals surface area contributed by atoms with Crippen LogP contribution in [0.15, 0.2) is 50.4 Å². The van der Waals surface area contributed by atoms with Gasteiger partial charge in [0.1, 0.15) is 5.75 Å². The fourth-order valence-corrected chi connectivity index (χ4v) is 3.42. The summed E-state index contributed by atoms with van der Waals surface area (Å²) in [6.07, 6.45) is 1.56. The van der Waals surface area contributed by atoms with Gasteiger partial charge in [0.05, 0.1) is 21.8 Å². The average molecular weight is 455 g/mol. The minimum absolute atomic E-state index is 0.399. The van der Waals surface area contributed by atoms with E-state index in [-0.39, 0.29) is 0 Å². The van der Waals surface area contributed by atoms with Crippen molar-refractivity contribution >= 4 is 49.8 Å². The minimum atomic E-state index is -0.399. The number of rotatable bonds is 5. The van der Waals surface area contributed by atoms with Crippen molar-refractivity contribution < 1.29 is 9.53 Å². The summed E-state index contributed by atoms with van der Waals surface area (Å²) in [6, 6.07) is 10.9. The van der Waals surface area contributed by atoms with Gasteiger partial charge in [0.25, 0.3) is 0 Å². The van der Waals surface area contributed by atoms with Gasteiger partial charge in [0.15, 0.2) is 0 Å². The Bertz CT molecular complexity index is 740. The molecule has 0 saturated carbocycles. The highest BCUT2D eigenvalue weighted by Gasteiger charge is 2.08. The molecule has 2 aromatic carbocycles. The number of anilines is 1. The minimum Gasteiger partial charge on any atom is -0.492 e. The molecular weight excluding hydrogens is 438 g/mol. The molecule has 0 unspecified atom stereocenters. The van der Waals surface area contributed by atoms with Crippen LogP contribution >= 0.6 is 31.9 Å². The smallest absolute Gasteiger partial charge is 0.339 e. The zero-order valence-electron chi connectivity index (χ0n) is 13.3. The lowest BCUT2D eigenvalue weighted by atomic mass is 10.2. The Kier molecular flexibility index (Phi) is 6.81. The van der Waals surface area contributed by atoms with Crippen LogP contribution in [0, 0.1) is 6.92 Å². The van der Waals surface area contributed by atoms with Crippen molar-refractivity contribution in [1.82, 2.24) is 5.43 Å². The van der Waals surface area contributed by atoms with Gasteiger partial charge in [-0.1, -0.05) is 18.2 Å². The maximum atomic E-state index is 11.9. The Morgan fingerprint density at radius 3 is 2.54 bits per heavy atom. The Labute approximate surface area is 157 Å². The van der Waals surface area contributed by atoms with Gasteiger partial charge in [-0.3, -0.25) is 0 Å². The van der Waals surface area contributed by atoms with Crippen LogP contribution in [0.3, 0.4) is 0 Å². The zero-order chi connectivity index (χ0) is 17.5. The van der Waals surface area contributed by atoms with Crippen molar-refractivity contribution in [3.8, 4) is 5.75 Å². The molecule has 2 aromatic rings. The van der Waals surface area contributed by atoms with E-state index < -0.39 is 6.03 Å². The van der Waals surface area contributed by atoms with E-state index in [1.165, 1.54) is 0 Å². The van der Waals surface area contributed by atoms with Crippen molar-refractivity contribution in [1.29, 1.82) is 0 Å². The topological polar surface area (TPSA) is 62.7 Å². The molecule has 0 heterocycles. The first-order valence-electron chi connectivity index (χ1n) is 7.28. The first-order valence-corrected chi connectivity index (χ1v) is 8.87. The van der Waals surface area contributed by atoms with Crippen LogP contribution in [-0.4, -0.2) is 18.9 Å². The predicted octanol–water partition coefficient (Wildman–Crippen LogP) is 5.07. The van der Waals surface area contributed by atoms with Gasteiger partial charge in [0, 0.05) is 5.69 Å². The fourth-order valence-electron chi connectivity index (χ4n) is 1.97. The molecule has 0 bridgehead atoms. The number of urea groups is 1. The van der Waals surface area contributed by atoms with E-state index in [1.54, 1.807) is 6.21 Å². The number of nitrogens with one attached hydrogen (secondary N) is 2. The third-order valence-electron chi connectivity index (χ3n) is 3.08. The molecule has 0 aliphatic carbocycles. The standard InChI is InChI=1S/C17H17Br2N3O2/c1-3-24-16-13(18)8-12(9-14(16)19)10-20-22-17(23)21-15-7-5-4-6-11(15)2/h4-10H,3H2,1-2H3,(H2,21,22,23)/b20-10-. The van der Waals surface area contributed by atoms with Gasteiger partial charge in [0.2, 0.25) is 0 Å². The number of hydrazone groups is 1. The fraction of sp³-hybridized carbons (Fsp3) is 0.176. The first kappa shape index (κ1) is 18.5. The molecule has 0 spiro atoms. The van der Waals surface area contributed by atoms with Crippen LogP contribution < -0.4 is 15.5 Å². The number of carbonyl (C=O) groups is 1. The average Bonchev–Trinajstić information content (AvgIpc) is 2.53. The molecule has 0 atom stereocenters. The zero-order valence-corrected chi connectivity index (χ0v) is 16.4. The van der Waals surface area contributed by atoms with Gasteiger partial charge >= 0.3 is 6.03 Å². The van der Waals surface area contributed by atoms with Crippen molar-refractivity contribution in [2.45, 2.75) is 13.8 Å². The molecule has 0 aromatic heterocycles. The largest absolute Gasteiger partial charge is 0.492 e. The summed E-state index contributed by atoms with van der Waals surface area (Å²) in [5, 5.41) is 6.70. The van der Waals surface area contributed by atoms with Gasteiger partial charge in [-0.25, -0.2) is 10.2 Å². The normalized spacial score (nSPS) is 10.7. The highest BCUT2D eigenvalue weighted by molar-refractivity contribution is 9.11. The summed E-state index contributed by atoms with van der Waals surface area (Å²) in [4.78, 5) is 11.9. The lowest BCUT2D eigenvalue weighted by Gasteiger charge is -2.09. The van der Waals surface area contributed by atoms with Crippen LogP contribution in [0.1, 0.15) is 18.1 Å². The monoisotopic (exact) mass is 453 g/mol. The molecule has 0 aliphatic rings. The quantitative estimate of drug-likeness (QED) is 0.489. The SMILES string of the molecule is CCOc1c(Br)cc(/C=N\NC(=O)Nc2ccccc2C)cc1Br. The first-order chi connectivity index (χ1) is 11.5. The number of nitrogens with zero attached hydrogens (tertiary/aromatic N) is 1. The van der Waals surface area contributed by atoms with E-state index in [0.717, 1.165) is 31.5 Å². The second-order valence-electron chi connectivity index (χ2n) is 4.89. The molecule has 126 valence electrons. The highest BCUT2D eigenvalue weighted by atomic mass is 79.9. The maximum Gasteiger partial charge on any atom is 0.339 e. The van der Waals surface area contributed by atoms with E-state index >= 15 is 0 Å². The van der Waals surface area contributed by atoms with E-state index in [9.17, 15) is 4.79 Å². The Morgan fingerprint density at radius 1 is 1.25 bits per heavy atom. The number of carbonyl (C=O) groups excluding carboxylic acids is 1. The lowest BCUT2D eigenvalue weighted by molar-refractivity contribution is 0.252. The molecule has 5 nitrogen and oxygen atoms in total. The van der Waals surface area contributed by atoms with E-state index in [0.29, 0.717) is 6.61 Å².